The number of aryl methyl sites for hydroxylation is 1. The third-order valence-corrected chi connectivity index (χ3v) is 8.06. The number of hydrogen-bond donors (Lipinski definition) is 0. The number of rotatable bonds is 6. The molecule has 0 N–H and O–H groups in total. The van der Waals surface area contributed by atoms with Gasteiger partial charge in [0, 0.05) is 10.6 Å². The molecular formula is C22H21O2P. The average molecular weight is 348 g/mol. The van der Waals surface area contributed by atoms with Crippen molar-refractivity contribution in [1.29, 1.82) is 0 Å². The van der Waals surface area contributed by atoms with Crippen molar-refractivity contribution in [3.05, 3.63) is 96.6 Å². The van der Waals surface area contributed by atoms with Gasteiger partial charge in [0.1, 0.15) is 5.85 Å². The van der Waals surface area contributed by atoms with E-state index in [4.69, 9.17) is 4.74 Å². The monoisotopic (exact) mass is 348 g/mol. The maximum Gasteiger partial charge on any atom is 0.173 e. The summed E-state index contributed by atoms with van der Waals surface area (Å²) in [5.74, 6) is -0.207. The predicted octanol–water partition coefficient (Wildman–Crippen LogP) is 4.36. The number of hydrogen-bond acceptors (Lipinski definition) is 2. The van der Waals surface area contributed by atoms with E-state index >= 15 is 0 Å². The van der Waals surface area contributed by atoms with Gasteiger partial charge in [-0.2, -0.15) is 0 Å². The molecule has 0 bridgehead atoms. The summed E-state index contributed by atoms with van der Waals surface area (Å²) in [4.78, 5) is 0. The van der Waals surface area contributed by atoms with E-state index in [1.54, 1.807) is 0 Å². The Kier molecular flexibility index (Phi) is 4.57. The molecule has 25 heavy (non-hydrogen) atoms. The lowest BCUT2D eigenvalue weighted by molar-refractivity contribution is 0.385. The van der Waals surface area contributed by atoms with Gasteiger partial charge in [-0.15, -0.1) is 0 Å². The van der Waals surface area contributed by atoms with Crippen molar-refractivity contribution in [3.63, 3.8) is 0 Å². The van der Waals surface area contributed by atoms with Crippen molar-refractivity contribution >= 4 is 17.8 Å². The number of epoxide rings is 1. The lowest BCUT2D eigenvalue weighted by Gasteiger charge is -2.17. The highest BCUT2D eigenvalue weighted by molar-refractivity contribution is 7.79. The van der Waals surface area contributed by atoms with Gasteiger partial charge in [0.15, 0.2) is 7.14 Å². The van der Waals surface area contributed by atoms with E-state index in [9.17, 15) is 4.57 Å². The molecule has 0 spiro atoms. The van der Waals surface area contributed by atoms with E-state index in [0.717, 1.165) is 23.5 Å². The smallest absolute Gasteiger partial charge is 0.173 e. The molecule has 1 heterocycles. The lowest BCUT2D eigenvalue weighted by Crippen LogP contribution is -2.20. The van der Waals surface area contributed by atoms with Crippen LogP contribution in [0.5, 0.6) is 0 Å². The Morgan fingerprint density at radius 3 is 1.72 bits per heavy atom. The summed E-state index contributed by atoms with van der Waals surface area (Å²) in [6, 6.07) is 30.0. The SMILES string of the molecule is O=P(c1ccccc1)(c1ccccc1)[C@@H]1O[C@H]1CCc1ccccc1. The van der Waals surface area contributed by atoms with Crippen molar-refractivity contribution in [2.45, 2.75) is 24.8 Å². The molecule has 4 rings (SSSR count). The van der Waals surface area contributed by atoms with Gasteiger partial charge in [-0.25, -0.2) is 0 Å². The van der Waals surface area contributed by atoms with Crippen LogP contribution < -0.4 is 10.6 Å². The van der Waals surface area contributed by atoms with Gasteiger partial charge >= 0.3 is 0 Å². The van der Waals surface area contributed by atoms with E-state index in [2.05, 4.69) is 24.3 Å². The summed E-state index contributed by atoms with van der Waals surface area (Å²) in [7, 11) is -2.78. The fourth-order valence-corrected chi connectivity index (χ4v) is 6.42. The van der Waals surface area contributed by atoms with Crippen molar-refractivity contribution in [1.82, 2.24) is 0 Å². The standard InChI is InChI=1S/C22H21O2P/c23-25(19-12-6-2-7-13-19,20-14-8-3-9-15-20)22-21(24-22)17-16-18-10-4-1-5-11-18/h1-15,21-22H,16-17H2/t21-,22-/m0/s1. The quantitative estimate of drug-likeness (QED) is 0.489. The van der Waals surface area contributed by atoms with Crippen LogP contribution in [0.2, 0.25) is 0 Å². The van der Waals surface area contributed by atoms with Crippen LogP contribution in [0.25, 0.3) is 0 Å². The molecule has 0 radical (unpaired) electrons. The molecule has 0 unspecified atom stereocenters. The Morgan fingerprint density at radius 1 is 0.720 bits per heavy atom. The first kappa shape index (κ1) is 16.3. The van der Waals surface area contributed by atoms with Gasteiger partial charge in [-0.1, -0.05) is 91.0 Å². The lowest BCUT2D eigenvalue weighted by atomic mass is 10.1. The Morgan fingerprint density at radius 2 is 1.20 bits per heavy atom. The van der Waals surface area contributed by atoms with Crippen LogP contribution in [-0.4, -0.2) is 11.9 Å². The maximum absolute atomic E-state index is 14.1. The van der Waals surface area contributed by atoms with E-state index in [1.165, 1.54) is 5.56 Å². The number of ether oxygens (including phenoxy) is 1. The summed E-state index contributed by atoms with van der Waals surface area (Å²) < 4.78 is 20.0. The molecular weight excluding hydrogens is 327 g/mol. The molecule has 0 aromatic heterocycles. The van der Waals surface area contributed by atoms with Crippen molar-refractivity contribution in [3.8, 4) is 0 Å². The van der Waals surface area contributed by atoms with Gasteiger partial charge in [-0.3, -0.25) is 0 Å². The van der Waals surface area contributed by atoms with Crippen molar-refractivity contribution in [2.24, 2.45) is 0 Å². The van der Waals surface area contributed by atoms with Crippen LogP contribution in [0, 0.1) is 0 Å². The number of benzene rings is 3. The van der Waals surface area contributed by atoms with Crippen LogP contribution in [0.1, 0.15) is 12.0 Å². The molecule has 126 valence electrons. The average Bonchev–Trinajstić information content (AvgIpc) is 3.48. The molecule has 0 aliphatic carbocycles. The fraction of sp³-hybridized carbons (Fsp3) is 0.182. The first-order valence-corrected chi connectivity index (χ1v) is 10.5. The molecule has 0 amide bonds. The minimum absolute atomic E-state index is 0.0615. The second-order valence-electron chi connectivity index (χ2n) is 6.42. The van der Waals surface area contributed by atoms with Crippen molar-refractivity contribution < 1.29 is 9.30 Å². The Bertz CT molecular complexity index is 819. The maximum atomic E-state index is 14.1. The highest BCUT2D eigenvalue weighted by atomic mass is 31.2. The Labute approximate surface area is 148 Å². The zero-order valence-electron chi connectivity index (χ0n) is 14.0. The molecule has 3 aromatic carbocycles. The summed E-state index contributed by atoms with van der Waals surface area (Å²) >= 11 is 0. The normalized spacial score (nSPS) is 19.5. The molecule has 1 aliphatic rings. The third-order valence-electron chi connectivity index (χ3n) is 4.75. The van der Waals surface area contributed by atoms with Gasteiger partial charge < -0.3 is 9.30 Å². The molecule has 2 nitrogen and oxygen atoms in total. The van der Waals surface area contributed by atoms with E-state index in [1.807, 2.05) is 66.7 Å². The second kappa shape index (κ2) is 7.00. The van der Waals surface area contributed by atoms with Gasteiger partial charge in [0.25, 0.3) is 0 Å². The van der Waals surface area contributed by atoms with Crippen LogP contribution in [-0.2, 0) is 15.7 Å². The van der Waals surface area contributed by atoms with Gasteiger partial charge in [-0.05, 0) is 18.4 Å². The van der Waals surface area contributed by atoms with Crippen LogP contribution in [0.15, 0.2) is 91.0 Å². The predicted molar refractivity (Wildman–Crippen MR) is 103 cm³/mol. The minimum atomic E-state index is -2.78. The summed E-state index contributed by atoms with van der Waals surface area (Å²) in [5, 5.41) is 1.77. The molecule has 3 heteroatoms. The fourth-order valence-electron chi connectivity index (χ4n) is 3.36. The Hall–Kier alpha value is -2.15. The largest absolute Gasteiger partial charge is 0.361 e. The van der Waals surface area contributed by atoms with E-state index in [-0.39, 0.29) is 11.9 Å². The third kappa shape index (κ3) is 3.33. The highest BCUT2D eigenvalue weighted by Crippen LogP contribution is 2.58. The van der Waals surface area contributed by atoms with Gasteiger partial charge in [0.2, 0.25) is 0 Å². The minimum Gasteiger partial charge on any atom is -0.361 e. The van der Waals surface area contributed by atoms with Crippen LogP contribution >= 0.6 is 7.14 Å². The first-order valence-electron chi connectivity index (χ1n) is 8.69. The molecule has 0 saturated carbocycles. The summed E-state index contributed by atoms with van der Waals surface area (Å²) in [5.41, 5.74) is 1.30. The molecule has 1 fully saturated rings. The molecule has 1 aliphatic heterocycles. The topological polar surface area (TPSA) is 29.6 Å². The Balaban J connectivity index is 1.57. The first-order chi connectivity index (χ1) is 12.3. The van der Waals surface area contributed by atoms with Gasteiger partial charge in [0.05, 0.1) is 6.10 Å². The second-order valence-corrected chi connectivity index (χ2v) is 9.28. The summed E-state index contributed by atoms with van der Waals surface area (Å²) in [6.07, 6.45) is 1.91. The highest BCUT2D eigenvalue weighted by Gasteiger charge is 2.53. The zero-order chi connectivity index (χ0) is 17.1. The molecule has 3 aromatic rings. The molecule has 1 saturated heterocycles. The van der Waals surface area contributed by atoms with Crippen molar-refractivity contribution in [2.75, 3.05) is 0 Å². The van der Waals surface area contributed by atoms with E-state index in [0.29, 0.717) is 0 Å². The van der Waals surface area contributed by atoms with E-state index < -0.39 is 7.14 Å². The summed E-state index contributed by atoms with van der Waals surface area (Å²) in [6.45, 7) is 0. The molecule has 2 atom stereocenters. The zero-order valence-corrected chi connectivity index (χ0v) is 14.9. The van der Waals surface area contributed by atoms with Crippen LogP contribution in [0.3, 0.4) is 0 Å². The van der Waals surface area contributed by atoms with Crippen LogP contribution in [0.4, 0.5) is 0 Å².